The van der Waals surface area contributed by atoms with Crippen molar-refractivity contribution in [2.24, 2.45) is 0 Å². The first kappa shape index (κ1) is 20.3. The normalized spacial score (nSPS) is 11.7. The van der Waals surface area contributed by atoms with E-state index < -0.39 is 6.04 Å². The van der Waals surface area contributed by atoms with Gasteiger partial charge in [0.2, 0.25) is 11.8 Å². The van der Waals surface area contributed by atoms with Crippen LogP contribution >= 0.6 is 23.2 Å². The highest BCUT2D eigenvalue weighted by molar-refractivity contribution is 6.31. The van der Waals surface area contributed by atoms with Gasteiger partial charge in [0.15, 0.2) is 0 Å². The van der Waals surface area contributed by atoms with Crippen LogP contribution in [0.25, 0.3) is 0 Å². The molecule has 2 amide bonds. The number of nitrogens with zero attached hydrogens (tertiary/aromatic N) is 1. The molecule has 1 N–H and O–H groups in total. The lowest BCUT2D eigenvalue weighted by molar-refractivity contribution is -0.140. The minimum Gasteiger partial charge on any atom is -0.355 e. The van der Waals surface area contributed by atoms with E-state index in [0.29, 0.717) is 16.6 Å². The van der Waals surface area contributed by atoms with Crippen LogP contribution in [-0.4, -0.2) is 29.3 Å². The van der Waals surface area contributed by atoms with Crippen LogP contribution in [0.4, 0.5) is 0 Å². The van der Waals surface area contributed by atoms with Crippen LogP contribution < -0.4 is 5.32 Å². The van der Waals surface area contributed by atoms with Crippen LogP contribution in [0.1, 0.15) is 25.0 Å². The number of amides is 2. The number of hydrogen-bond acceptors (Lipinski definition) is 2. The van der Waals surface area contributed by atoms with Crippen molar-refractivity contribution in [2.75, 3.05) is 6.54 Å². The van der Waals surface area contributed by atoms with Crippen LogP contribution in [0, 0.1) is 0 Å². The molecule has 0 radical (unpaired) electrons. The minimum atomic E-state index is -0.624. The molecule has 2 rings (SSSR count). The zero-order valence-corrected chi connectivity index (χ0v) is 16.3. The lowest BCUT2D eigenvalue weighted by Gasteiger charge is -2.29. The van der Waals surface area contributed by atoms with Gasteiger partial charge >= 0.3 is 0 Å². The molecule has 0 fully saturated rings. The molecular weight excluding hydrogens is 371 g/mol. The summed E-state index contributed by atoms with van der Waals surface area (Å²) in [5, 5.41) is 3.86. The fraction of sp³-hybridized carbons (Fsp3) is 0.300. The van der Waals surface area contributed by atoms with Crippen molar-refractivity contribution in [2.45, 2.75) is 32.9 Å². The summed E-state index contributed by atoms with van der Waals surface area (Å²) in [7, 11) is 0. The van der Waals surface area contributed by atoms with Gasteiger partial charge in [-0.2, -0.15) is 0 Å². The summed E-state index contributed by atoms with van der Waals surface area (Å²) in [6.07, 6.45) is 0.119. The maximum Gasteiger partial charge on any atom is 0.242 e. The largest absolute Gasteiger partial charge is 0.355 e. The Kier molecular flexibility index (Phi) is 7.49. The summed E-state index contributed by atoms with van der Waals surface area (Å²) >= 11 is 12.4. The molecule has 0 saturated heterocycles. The molecule has 0 aliphatic heterocycles. The van der Waals surface area contributed by atoms with Crippen molar-refractivity contribution >= 4 is 35.0 Å². The van der Waals surface area contributed by atoms with Crippen LogP contribution in [0.3, 0.4) is 0 Å². The Labute approximate surface area is 164 Å². The number of hydrogen-bond donors (Lipinski definition) is 1. The SMILES string of the molecule is CCNC(=O)[C@@H](C)N(Cc1ccccc1Cl)C(=O)Cc1ccccc1Cl. The molecule has 0 unspecified atom stereocenters. The van der Waals surface area contributed by atoms with Gasteiger partial charge in [0, 0.05) is 23.1 Å². The fourth-order valence-corrected chi connectivity index (χ4v) is 3.02. The number of carbonyl (C=O) groups is 2. The average Bonchev–Trinajstić information content (AvgIpc) is 2.62. The highest BCUT2D eigenvalue weighted by Gasteiger charge is 2.26. The molecule has 0 spiro atoms. The monoisotopic (exact) mass is 392 g/mol. The lowest BCUT2D eigenvalue weighted by Crippen LogP contribution is -2.48. The Morgan fingerprint density at radius 2 is 1.54 bits per heavy atom. The molecule has 2 aromatic carbocycles. The van der Waals surface area contributed by atoms with Crippen LogP contribution in [0.2, 0.25) is 10.0 Å². The third-order valence-corrected chi connectivity index (χ3v) is 4.85. The summed E-state index contributed by atoms with van der Waals surface area (Å²) in [5.74, 6) is -0.385. The highest BCUT2D eigenvalue weighted by Crippen LogP contribution is 2.21. The average molecular weight is 393 g/mol. The number of benzene rings is 2. The molecular formula is C20H22Cl2N2O2. The van der Waals surface area contributed by atoms with Crippen molar-refractivity contribution < 1.29 is 9.59 Å². The summed E-state index contributed by atoms with van der Waals surface area (Å²) < 4.78 is 0. The molecule has 26 heavy (non-hydrogen) atoms. The third-order valence-electron chi connectivity index (χ3n) is 4.12. The predicted molar refractivity (Wildman–Crippen MR) is 105 cm³/mol. The number of rotatable bonds is 7. The van der Waals surface area contributed by atoms with E-state index in [4.69, 9.17) is 23.2 Å². The van der Waals surface area contributed by atoms with Gasteiger partial charge in [-0.25, -0.2) is 0 Å². The van der Waals surface area contributed by atoms with Gasteiger partial charge in [-0.3, -0.25) is 9.59 Å². The van der Waals surface area contributed by atoms with Gasteiger partial charge in [0.05, 0.1) is 6.42 Å². The summed E-state index contributed by atoms with van der Waals surface area (Å²) in [6, 6.07) is 13.9. The zero-order chi connectivity index (χ0) is 19.1. The lowest BCUT2D eigenvalue weighted by atomic mass is 10.1. The molecule has 0 aromatic heterocycles. The maximum atomic E-state index is 13.0. The Hall–Kier alpha value is -2.04. The van der Waals surface area contributed by atoms with E-state index in [0.717, 1.165) is 11.1 Å². The van der Waals surface area contributed by atoms with E-state index in [9.17, 15) is 9.59 Å². The van der Waals surface area contributed by atoms with Crippen molar-refractivity contribution in [1.82, 2.24) is 10.2 Å². The number of halogens is 2. The quantitative estimate of drug-likeness (QED) is 0.771. The third kappa shape index (κ3) is 5.23. The van der Waals surface area contributed by atoms with Gasteiger partial charge in [-0.1, -0.05) is 59.6 Å². The first-order valence-electron chi connectivity index (χ1n) is 8.48. The molecule has 138 valence electrons. The molecule has 4 nitrogen and oxygen atoms in total. The standard InChI is InChI=1S/C20H22Cl2N2O2/c1-3-23-20(26)14(2)24(13-16-9-5-7-11-18(16)22)19(25)12-15-8-4-6-10-17(15)21/h4-11,14H,3,12-13H2,1-2H3,(H,23,26)/t14-/m1/s1. The van der Waals surface area contributed by atoms with Gasteiger partial charge in [-0.05, 0) is 37.1 Å². The molecule has 6 heteroatoms. The molecule has 1 atom stereocenters. The van der Waals surface area contributed by atoms with Gasteiger partial charge < -0.3 is 10.2 Å². The number of nitrogens with one attached hydrogen (secondary N) is 1. The van der Waals surface area contributed by atoms with E-state index in [2.05, 4.69) is 5.32 Å². The molecule has 0 heterocycles. The maximum absolute atomic E-state index is 13.0. The van der Waals surface area contributed by atoms with E-state index in [1.54, 1.807) is 19.1 Å². The predicted octanol–water partition coefficient (Wildman–Crippen LogP) is 4.09. The molecule has 0 bridgehead atoms. The van der Waals surface area contributed by atoms with Crippen molar-refractivity contribution in [3.8, 4) is 0 Å². The van der Waals surface area contributed by atoms with Crippen LogP contribution in [0.15, 0.2) is 48.5 Å². The van der Waals surface area contributed by atoms with Crippen molar-refractivity contribution in [1.29, 1.82) is 0 Å². The topological polar surface area (TPSA) is 49.4 Å². The number of carbonyl (C=O) groups excluding carboxylic acids is 2. The molecule has 0 aliphatic carbocycles. The number of likely N-dealkylation sites (N-methyl/N-ethyl adjacent to an activating group) is 1. The second kappa shape index (κ2) is 9.60. The second-order valence-electron chi connectivity index (χ2n) is 5.95. The second-order valence-corrected chi connectivity index (χ2v) is 6.77. The summed E-state index contributed by atoms with van der Waals surface area (Å²) in [4.78, 5) is 26.8. The smallest absolute Gasteiger partial charge is 0.242 e. The van der Waals surface area contributed by atoms with Crippen molar-refractivity contribution in [3.63, 3.8) is 0 Å². The molecule has 2 aromatic rings. The Bertz CT molecular complexity index is 780. The Morgan fingerprint density at radius 3 is 2.08 bits per heavy atom. The summed E-state index contributed by atoms with van der Waals surface area (Å²) in [5.41, 5.74) is 1.52. The van der Waals surface area contributed by atoms with Gasteiger partial charge in [0.1, 0.15) is 6.04 Å². The highest BCUT2D eigenvalue weighted by atomic mass is 35.5. The van der Waals surface area contributed by atoms with E-state index in [-0.39, 0.29) is 24.8 Å². The van der Waals surface area contributed by atoms with E-state index >= 15 is 0 Å². The Morgan fingerprint density at radius 1 is 1.00 bits per heavy atom. The first-order chi connectivity index (χ1) is 12.4. The van der Waals surface area contributed by atoms with E-state index in [1.165, 1.54) is 4.90 Å². The summed E-state index contributed by atoms with van der Waals surface area (Å²) in [6.45, 7) is 4.31. The fourth-order valence-electron chi connectivity index (χ4n) is 2.62. The molecule has 0 saturated carbocycles. The van der Waals surface area contributed by atoms with Gasteiger partial charge in [0.25, 0.3) is 0 Å². The zero-order valence-electron chi connectivity index (χ0n) is 14.8. The van der Waals surface area contributed by atoms with Crippen LogP contribution in [0.5, 0.6) is 0 Å². The first-order valence-corrected chi connectivity index (χ1v) is 9.23. The minimum absolute atomic E-state index is 0.119. The molecule has 0 aliphatic rings. The van der Waals surface area contributed by atoms with E-state index in [1.807, 2.05) is 43.3 Å². The van der Waals surface area contributed by atoms with Crippen LogP contribution in [-0.2, 0) is 22.6 Å². The van der Waals surface area contributed by atoms with Crippen molar-refractivity contribution in [3.05, 3.63) is 69.7 Å². The Balaban J connectivity index is 2.27. The van der Waals surface area contributed by atoms with Gasteiger partial charge in [-0.15, -0.1) is 0 Å².